The SMILES string of the molecule is Cc1ccc(Cl)cc1N(CC(=O)NC(C)(C)CC(C)(C)C)S(C)(=O)=O. The molecule has 0 aliphatic heterocycles. The van der Waals surface area contributed by atoms with Crippen LogP contribution >= 0.6 is 11.6 Å². The van der Waals surface area contributed by atoms with Crippen molar-refractivity contribution in [2.24, 2.45) is 5.41 Å². The smallest absolute Gasteiger partial charge is 0.241 e. The van der Waals surface area contributed by atoms with Gasteiger partial charge >= 0.3 is 0 Å². The second kappa shape index (κ2) is 7.54. The van der Waals surface area contributed by atoms with Crippen molar-refractivity contribution >= 4 is 33.2 Å². The first-order valence-corrected chi connectivity index (χ1v) is 10.4. The first-order chi connectivity index (χ1) is 11.1. The van der Waals surface area contributed by atoms with Gasteiger partial charge in [-0.05, 0) is 50.3 Å². The van der Waals surface area contributed by atoms with Gasteiger partial charge in [0.15, 0.2) is 0 Å². The Balaban J connectivity index is 3.05. The maximum absolute atomic E-state index is 12.5. The lowest BCUT2D eigenvalue weighted by molar-refractivity contribution is -0.121. The zero-order valence-electron chi connectivity index (χ0n) is 16.1. The molecule has 0 aliphatic rings. The number of halogens is 1. The molecule has 1 aromatic carbocycles. The van der Waals surface area contributed by atoms with Gasteiger partial charge < -0.3 is 5.32 Å². The summed E-state index contributed by atoms with van der Waals surface area (Å²) in [5, 5.41) is 3.36. The van der Waals surface area contributed by atoms with Crippen LogP contribution in [0.2, 0.25) is 5.02 Å². The fourth-order valence-electron chi connectivity index (χ4n) is 3.15. The third-order valence-electron chi connectivity index (χ3n) is 3.58. The molecule has 0 spiro atoms. The number of rotatable bonds is 6. The Kier molecular flexibility index (Phi) is 6.57. The van der Waals surface area contributed by atoms with Gasteiger partial charge in [-0.15, -0.1) is 0 Å². The van der Waals surface area contributed by atoms with Crippen molar-refractivity contribution in [3.8, 4) is 0 Å². The molecule has 0 fully saturated rings. The Morgan fingerprint density at radius 1 is 1.20 bits per heavy atom. The molecular weight excluding hydrogens is 360 g/mol. The summed E-state index contributed by atoms with van der Waals surface area (Å²) in [7, 11) is -3.63. The van der Waals surface area contributed by atoms with Crippen LogP contribution in [0.4, 0.5) is 5.69 Å². The number of hydrogen-bond donors (Lipinski definition) is 1. The Morgan fingerprint density at radius 3 is 2.24 bits per heavy atom. The number of carbonyl (C=O) groups is 1. The molecule has 0 unspecified atom stereocenters. The fraction of sp³-hybridized carbons (Fsp3) is 0.611. The normalized spacial score (nSPS) is 12.8. The molecule has 1 N–H and O–H groups in total. The molecular formula is C18H29ClN2O3S. The molecule has 0 aliphatic carbocycles. The van der Waals surface area contributed by atoms with E-state index >= 15 is 0 Å². The van der Waals surface area contributed by atoms with Crippen molar-refractivity contribution in [3.05, 3.63) is 28.8 Å². The summed E-state index contributed by atoms with van der Waals surface area (Å²) in [6, 6.07) is 4.98. The van der Waals surface area contributed by atoms with E-state index in [0.717, 1.165) is 22.5 Å². The van der Waals surface area contributed by atoms with Crippen molar-refractivity contribution in [3.63, 3.8) is 0 Å². The first kappa shape index (κ1) is 21.8. The minimum atomic E-state index is -3.63. The summed E-state index contributed by atoms with van der Waals surface area (Å²) in [4.78, 5) is 12.5. The minimum absolute atomic E-state index is 0.0385. The highest BCUT2D eigenvalue weighted by atomic mass is 35.5. The number of nitrogens with zero attached hydrogens (tertiary/aromatic N) is 1. The van der Waals surface area contributed by atoms with Crippen LogP contribution in [-0.4, -0.2) is 32.7 Å². The number of amides is 1. The van der Waals surface area contributed by atoms with Crippen molar-refractivity contribution < 1.29 is 13.2 Å². The highest BCUT2D eigenvalue weighted by Gasteiger charge is 2.29. The molecule has 0 bridgehead atoms. The van der Waals surface area contributed by atoms with Crippen LogP contribution in [0.1, 0.15) is 46.6 Å². The maximum atomic E-state index is 12.5. The average molecular weight is 389 g/mol. The van der Waals surface area contributed by atoms with Crippen LogP contribution in [0.15, 0.2) is 18.2 Å². The van der Waals surface area contributed by atoms with Crippen LogP contribution in [0.5, 0.6) is 0 Å². The summed E-state index contributed by atoms with van der Waals surface area (Å²) >= 11 is 6.00. The van der Waals surface area contributed by atoms with E-state index in [9.17, 15) is 13.2 Å². The molecule has 5 nitrogen and oxygen atoms in total. The Hall–Kier alpha value is -1.27. The van der Waals surface area contributed by atoms with E-state index in [4.69, 9.17) is 11.6 Å². The van der Waals surface area contributed by atoms with E-state index in [2.05, 4.69) is 26.1 Å². The van der Waals surface area contributed by atoms with Crippen molar-refractivity contribution in [1.82, 2.24) is 5.32 Å². The number of hydrogen-bond acceptors (Lipinski definition) is 3. The van der Waals surface area contributed by atoms with Crippen LogP contribution in [0.3, 0.4) is 0 Å². The third kappa shape index (κ3) is 7.24. The van der Waals surface area contributed by atoms with Crippen LogP contribution < -0.4 is 9.62 Å². The van der Waals surface area contributed by atoms with Crippen molar-refractivity contribution in [2.75, 3.05) is 17.1 Å². The minimum Gasteiger partial charge on any atom is -0.350 e. The van der Waals surface area contributed by atoms with Crippen molar-refractivity contribution in [1.29, 1.82) is 0 Å². The van der Waals surface area contributed by atoms with Gasteiger partial charge in [0, 0.05) is 10.6 Å². The Bertz CT molecular complexity index is 737. The zero-order valence-corrected chi connectivity index (χ0v) is 17.7. The molecule has 142 valence electrons. The number of benzene rings is 1. The molecule has 0 heterocycles. The van der Waals surface area contributed by atoms with E-state index in [1.54, 1.807) is 25.1 Å². The van der Waals surface area contributed by atoms with E-state index < -0.39 is 15.6 Å². The molecule has 1 rings (SSSR count). The highest BCUT2D eigenvalue weighted by molar-refractivity contribution is 7.92. The summed E-state index contributed by atoms with van der Waals surface area (Å²) in [5.41, 5.74) is 0.744. The van der Waals surface area contributed by atoms with Gasteiger partial charge in [0.2, 0.25) is 15.9 Å². The standard InChI is InChI=1S/C18H29ClN2O3S/c1-13-8-9-14(19)10-15(13)21(25(7,23)24)11-16(22)20-18(5,6)12-17(2,3)4/h8-10H,11-12H2,1-7H3,(H,20,22). The molecule has 7 heteroatoms. The zero-order chi connectivity index (χ0) is 19.6. The van der Waals surface area contributed by atoms with Gasteiger partial charge in [0.25, 0.3) is 0 Å². The van der Waals surface area contributed by atoms with E-state index in [1.807, 2.05) is 13.8 Å². The summed E-state index contributed by atoms with van der Waals surface area (Å²) in [5.74, 6) is -0.348. The number of aryl methyl sites for hydroxylation is 1. The molecule has 1 aromatic rings. The van der Waals surface area contributed by atoms with Gasteiger partial charge in [0.05, 0.1) is 11.9 Å². The predicted octanol–water partition coefficient (Wildman–Crippen LogP) is 3.75. The molecule has 0 saturated carbocycles. The quantitative estimate of drug-likeness (QED) is 0.807. The molecule has 25 heavy (non-hydrogen) atoms. The Morgan fingerprint density at radius 2 is 1.76 bits per heavy atom. The molecule has 1 amide bonds. The molecule has 0 aromatic heterocycles. The molecule has 0 atom stereocenters. The topological polar surface area (TPSA) is 66.5 Å². The molecule has 0 saturated heterocycles. The number of sulfonamides is 1. The van der Waals surface area contributed by atoms with Gasteiger partial charge in [-0.3, -0.25) is 9.10 Å². The van der Waals surface area contributed by atoms with Gasteiger partial charge in [-0.2, -0.15) is 0 Å². The van der Waals surface area contributed by atoms with Crippen LogP contribution in [0, 0.1) is 12.3 Å². The summed E-state index contributed by atoms with van der Waals surface area (Å²) in [6.45, 7) is 11.7. The van der Waals surface area contributed by atoms with E-state index in [1.165, 1.54) is 0 Å². The first-order valence-electron chi connectivity index (χ1n) is 8.16. The third-order valence-corrected chi connectivity index (χ3v) is 4.94. The second-order valence-electron chi connectivity index (χ2n) is 8.37. The van der Waals surface area contributed by atoms with Crippen LogP contribution in [0.25, 0.3) is 0 Å². The Labute approximate surface area is 156 Å². The number of nitrogens with one attached hydrogen (secondary N) is 1. The van der Waals surface area contributed by atoms with Gasteiger partial charge in [0.1, 0.15) is 6.54 Å². The van der Waals surface area contributed by atoms with Crippen LogP contribution in [-0.2, 0) is 14.8 Å². The average Bonchev–Trinajstić information content (AvgIpc) is 2.34. The summed E-state index contributed by atoms with van der Waals surface area (Å²) in [6.07, 6.45) is 1.85. The van der Waals surface area contributed by atoms with Crippen molar-refractivity contribution in [2.45, 2.75) is 53.5 Å². The monoisotopic (exact) mass is 388 g/mol. The largest absolute Gasteiger partial charge is 0.350 e. The lowest BCUT2D eigenvalue weighted by atomic mass is 9.82. The predicted molar refractivity (Wildman–Crippen MR) is 105 cm³/mol. The van der Waals surface area contributed by atoms with Gasteiger partial charge in [-0.25, -0.2) is 8.42 Å². The van der Waals surface area contributed by atoms with E-state index in [0.29, 0.717) is 10.7 Å². The lowest BCUT2D eigenvalue weighted by Crippen LogP contribution is -2.50. The highest BCUT2D eigenvalue weighted by Crippen LogP contribution is 2.28. The number of anilines is 1. The second-order valence-corrected chi connectivity index (χ2v) is 10.7. The van der Waals surface area contributed by atoms with E-state index in [-0.39, 0.29) is 17.9 Å². The van der Waals surface area contributed by atoms with Gasteiger partial charge in [-0.1, -0.05) is 38.4 Å². The molecule has 0 radical (unpaired) electrons. The number of carbonyl (C=O) groups excluding carboxylic acids is 1. The fourth-order valence-corrected chi connectivity index (χ4v) is 4.22. The maximum Gasteiger partial charge on any atom is 0.241 e. The summed E-state index contributed by atoms with van der Waals surface area (Å²) < 4.78 is 25.6. The lowest BCUT2D eigenvalue weighted by Gasteiger charge is -2.34.